The van der Waals surface area contributed by atoms with Crippen molar-refractivity contribution in [1.29, 1.82) is 0 Å². The lowest BCUT2D eigenvalue weighted by atomic mass is 9.79. The number of aryl methyl sites for hydroxylation is 1. The van der Waals surface area contributed by atoms with Crippen molar-refractivity contribution in [1.82, 2.24) is 0 Å². The molecule has 1 aliphatic rings. The molecule has 0 heterocycles. The summed E-state index contributed by atoms with van der Waals surface area (Å²) in [6.07, 6.45) is 4.89. The molecule has 2 aromatic carbocycles. The average Bonchev–Trinajstić information content (AvgIpc) is 2.47. The van der Waals surface area contributed by atoms with Gasteiger partial charge in [-0.1, -0.05) is 59.3 Å². The molecule has 98 valence electrons. The highest BCUT2D eigenvalue weighted by molar-refractivity contribution is 9.10. The molecule has 0 amide bonds. The van der Waals surface area contributed by atoms with Gasteiger partial charge in [0.25, 0.3) is 0 Å². The fourth-order valence-corrected chi connectivity index (χ4v) is 3.72. The summed E-state index contributed by atoms with van der Waals surface area (Å²) in [5.41, 5.74) is 5.92. The third-order valence-corrected chi connectivity index (χ3v) is 4.98. The Morgan fingerprint density at radius 2 is 1.89 bits per heavy atom. The van der Waals surface area contributed by atoms with E-state index in [4.69, 9.17) is 0 Å². The van der Waals surface area contributed by atoms with Crippen LogP contribution in [0.5, 0.6) is 0 Å². The van der Waals surface area contributed by atoms with Gasteiger partial charge in [-0.2, -0.15) is 0 Å². The van der Waals surface area contributed by atoms with Crippen LogP contribution in [0.3, 0.4) is 0 Å². The van der Waals surface area contributed by atoms with E-state index in [0.717, 1.165) is 6.42 Å². The minimum Gasteiger partial charge on any atom is -0.0613 e. The van der Waals surface area contributed by atoms with Gasteiger partial charge in [-0.15, -0.1) is 0 Å². The molecule has 1 unspecified atom stereocenters. The van der Waals surface area contributed by atoms with Crippen LogP contribution in [0, 0.1) is 0 Å². The summed E-state index contributed by atoms with van der Waals surface area (Å²) >= 11 is 3.70. The lowest BCUT2D eigenvalue weighted by molar-refractivity contribution is 0.614. The Labute approximate surface area is 124 Å². The second-order valence-corrected chi connectivity index (χ2v) is 6.20. The third kappa shape index (κ3) is 2.49. The summed E-state index contributed by atoms with van der Waals surface area (Å²) in [6.45, 7) is 2.21. The standard InChI is InChI=1S/C18H19Br/c1-2-13-9-11-14(12-10-13)15-5-3-7-17-16(15)6-4-8-18(17)19/h4,6,8-12,15H,2-3,5,7H2,1H3. The first-order valence-corrected chi connectivity index (χ1v) is 7.95. The largest absolute Gasteiger partial charge is 0.0613 e. The van der Waals surface area contributed by atoms with Crippen LogP contribution in [-0.2, 0) is 12.8 Å². The van der Waals surface area contributed by atoms with Crippen molar-refractivity contribution < 1.29 is 0 Å². The van der Waals surface area contributed by atoms with E-state index < -0.39 is 0 Å². The topological polar surface area (TPSA) is 0 Å². The summed E-state index contributed by atoms with van der Waals surface area (Å²) in [7, 11) is 0. The molecular formula is C18H19Br. The zero-order valence-corrected chi connectivity index (χ0v) is 12.9. The van der Waals surface area contributed by atoms with Crippen LogP contribution in [-0.4, -0.2) is 0 Å². The molecule has 0 aliphatic heterocycles. The highest BCUT2D eigenvalue weighted by atomic mass is 79.9. The van der Waals surface area contributed by atoms with Gasteiger partial charge < -0.3 is 0 Å². The van der Waals surface area contributed by atoms with Gasteiger partial charge in [0.15, 0.2) is 0 Å². The van der Waals surface area contributed by atoms with Gasteiger partial charge in [0, 0.05) is 10.4 Å². The van der Waals surface area contributed by atoms with E-state index >= 15 is 0 Å². The second-order valence-electron chi connectivity index (χ2n) is 5.35. The van der Waals surface area contributed by atoms with Crippen LogP contribution in [0.2, 0.25) is 0 Å². The number of fused-ring (bicyclic) bond motifs is 1. The number of benzene rings is 2. The molecule has 0 saturated carbocycles. The molecular weight excluding hydrogens is 296 g/mol. The molecule has 2 aromatic rings. The molecule has 0 bridgehead atoms. The molecule has 0 spiro atoms. The van der Waals surface area contributed by atoms with Crippen LogP contribution in [0.15, 0.2) is 46.9 Å². The first-order valence-electron chi connectivity index (χ1n) is 7.15. The Morgan fingerprint density at radius 3 is 2.63 bits per heavy atom. The molecule has 0 aromatic heterocycles. The molecule has 0 fully saturated rings. The van der Waals surface area contributed by atoms with Crippen molar-refractivity contribution in [3.63, 3.8) is 0 Å². The Morgan fingerprint density at radius 1 is 1.11 bits per heavy atom. The van der Waals surface area contributed by atoms with E-state index in [1.165, 1.54) is 46.0 Å². The number of hydrogen-bond acceptors (Lipinski definition) is 0. The van der Waals surface area contributed by atoms with E-state index in [0.29, 0.717) is 5.92 Å². The molecule has 0 nitrogen and oxygen atoms in total. The van der Waals surface area contributed by atoms with Crippen LogP contribution < -0.4 is 0 Å². The minimum absolute atomic E-state index is 0.576. The summed E-state index contributed by atoms with van der Waals surface area (Å²) in [4.78, 5) is 0. The van der Waals surface area contributed by atoms with Crippen molar-refractivity contribution in [3.8, 4) is 0 Å². The summed E-state index contributed by atoms with van der Waals surface area (Å²) < 4.78 is 1.28. The normalized spacial score (nSPS) is 18.1. The van der Waals surface area contributed by atoms with Crippen LogP contribution in [0.1, 0.15) is 47.9 Å². The average molecular weight is 315 g/mol. The van der Waals surface area contributed by atoms with Gasteiger partial charge in [0.1, 0.15) is 0 Å². The van der Waals surface area contributed by atoms with E-state index in [1.807, 2.05) is 0 Å². The fraction of sp³-hybridized carbons (Fsp3) is 0.333. The zero-order valence-electron chi connectivity index (χ0n) is 11.3. The number of halogens is 1. The highest BCUT2D eigenvalue weighted by Gasteiger charge is 2.22. The Hall–Kier alpha value is -1.08. The van der Waals surface area contributed by atoms with E-state index in [1.54, 1.807) is 0 Å². The van der Waals surface area contributed by atoms with E-state index in [-0.39, 0.29) is 0 Å². The quantitative estimate of drug-likeness (QED) is 0.688. The van der Waals surface area contributed by atoms with Crippen molar-refractivity contribution in [2.45, 2.75) is 38.5 Å². The van der Waals surface area contributed by atoms with Crippen molar-refractivity contribution >= 4 is 15.9 Å². The molecule has 1 atom stereocenters. The Bertz CT molecular complexity index is 569. The Balaban J connectivity index is 2.01. The van der Waals surface area contributed by atoms with E-state index in [2.05, 4.69) is 65.3 Å². The second kappa shape index (κ2) is 5.50. The van der Waals surface area contributed by atoms with Crippen LogP contribution in [0.4, 0.5) is 0 Å². The predicted octanol–water partition coefficient (Wildman–Crippen LogP) is 5.48. The molecule has 1 heteroatoms. The lowest BCUT2D eigenvalue weighted by Crippen LogP contribution is -2.11. The summed E-state index contributed by atoms with van der Waals surface area (Å²) in [5.74, 6) is 0.576. The van der Waals surface area contributed by atoms with Gasteiger partial charge in [0.05, 0.1) is 0 Å². The molecule has 19 heavy (non-hydrogen) atoms. The van der Waals surface area contributed by atoms with Gasteiger partial charge in [-0.3, -0.25) is 0 Å². The molecule has 1 aliphatic carbocycles. The van der Waals surface area contributed by atoms with Crippen molar-refractivity contribution in [2.24, 2.45) is 0 Å². The fourth-order valence-electron chi connectivity index (χ4n) is 3.14. The van der Waals surface area contributed by atoms with Gasteiger partial charge in [0.2, 0.25) is 0 Å². The molecule has 0 saturated heterocycles. The van der Waals surface area contributed by atoms with Crippen molar-refractivity contribution in [3.05, 3.63) is 69.2 Å². The molecule has 3 rings (SSSR count). The van der Waals surface area contributed by atoms with Gasteiger partial charge in [-0.25, -0.2) is 0 Å². The van der Waals surface area contributed by atoms with Gasteiger partial charge in [-0.05, 0) is 54.0 Å². The minimum atomic E-state index is 0.576. The smallest absolute Gasteiger partial charge is 0.0210 e. The first-order chi connectivity index (χ1) is 9.29. The maximum atomic E-state index is 3.70. The number of hydrogen-bond donors (Lipinski definition) is 0. The summed E-state index contributed by atoms with van der Waals surface area (Å²) in [6, 6.07) is 15.8. The maximum absolute atomic E-state index is 3.70. The Kier molecular flexibility index (Phi) is 3.74. The summed E-state index contributed by atoms with van der Waals surface area (Å²) in [5, 5.41) is 0. The van der Waals surface area contributed by atoms with E-state index in [9.17, 15) is 0 Å². The van der Waals surface area contributed by atoms with Crippen LogP contribution in [0.25, 0.3) is 0 Å². The monoisotopic (exact) mass is 314 g/mol. The van der Waals surface area contributed by atoms with Crippen LogP contribution >= 0.6 is 15.9 Å². The first kappa shape index (κ1) is 12.9. The van der Waals surface area contributed by atoms with Crippen molar-refractivity contribution in [2.75, 3.05) is 0 Å². The molecule has 0 radical (unpaired) electrons. The predicted molar refractivity (Wildman–Crippen MR) is 84.7 cm³/mol. The number of rotatable bonds is 2. The lowest BCUT2D eigenvalue weighted by Gasteiger charge is -2.27. The van der Waals surface area contributed by atoms with Gasteiger partial charge >= 0.3 is 0 Å². The SMILES string of the molecule is CCc1ccc(C2CCCc3c(Br)cccc32)cc1. The zero-order chi connectivity index (χ0) is 13.2. The highest BCUT2D eigenvalue weighted by Crippen LogP contribution is 2.39. The molecule has 0 N–H and O–H groups in total. The third-order valence-electron chi connectivity index (χ3n) is 4.24. The maximum Gasteiger partial charge on any atom is 0.0210 e.